The van der Waals surface area contributed by atoms with Gasteiger partial charge in [-0.1, -0.05) is 38.7 Å². The number of ether oxygens (including phenoxy) is 1. The van der Waals surface area contributed by atoms with Crippen LogP contribution in [0.4, 0.5) is 5.69 Å². The average Bonchev–Trinajstić information content (AvgIpc) is 2.35. The summed E-state index contributed by atoms with van der Waals surface area (Å²) in [5.74, 6) is 0.931. The molecule has 1 aromatic rings. The van der Waals surface area contributed by atoms with Gasteiger partial charge in [0.25, 0.3) is 0 Å². The Morgan fingerprint density at radius 1 is 1.22 bits per heavy atom. The van der Waals surface area contributed by atoms with E-state index < -0.39 is 0 Å². The lowest BCUT2D eigenvalue weighted by Gasteiger charge is -2.18. The van der Waals surface area contributed by atoms with E-state index in [2.05, 4.69) is 38.2 Å². The molecule has 1 aromatic carbocycles. The molecule has 18 heavy (non-hydrogen) atoms. The van der Waals surface area contributed by atoms with Crippen molar-refractivity contribution in [3.05, 3.63) is 23.8 Å². The highest BCUT2D eigenvalue weighted by atomic mass is 16.5. The molecule has 0 saturated heterocycles. The predicted octanol–water partition coefficient (Wildman–Crippen LogP) is 4.77. The Labute approximate surface area is 112 Å². The van der Waals surface area contributed by atoms with Crippen LogP contribution in [0.5, 0.6) is 5.75 Å². The Hall–Kier alpha value is -1.18. The monoisotopic (exact) mass is 249 g/mol. The van der Waals surface area contributed by atoms with E-state index in [4.69, 9.17) is 4.74 Å². The van der Waals surface area contributed by atoms with Crippen molar-refractivity contribution in [1.82, 2.24) is 0 Å². The summed E-state index contributed by atoms with van der Waals surface area (Å²) >= 11 is 0. The molecule has 0 spiro atoms. The highest BCUT2D eigenvalue weighted by Gasteiger charge is 2.07. The number of hydrogen-bond donors (Lipinski definition) is 1. The lowest BCUT2D eigenvalue weighted by atomic mass is 10.1. The summed E-state index contributed by atoms with van der Waals surface area (Å²) in [6.45, 7) is 6.60. The number of unbranched alkanes of at least 4 members (excludes halogenated alkanes) is 3. The number of rotatable bonds is 8. The molecule has 2 nitrogen and oxygen atoms in total. The van der Waals surface area contributed by atoms with Gasteiger partial charge in [-0.25, -0.2) is 0 Å². The highest BCUT2D eigenvalue weighted by Crippen LogP contribution is 2.26. The molecule has 102 valence electrons. The summed E-state index contributed by atoms with van der Waals surface area (Å²) in [5, 5.41) is 3.55. The van der Waals surface area contributed by atoms with Crippen molar-refractivity contribution in [2.75, 3.05) is 12.4 Å². The Balaban J connectivity index is 2.47. The summed E-state index contributed by atoms with van der Waals surface area (Å²) in [7, 11) is 1.72. The second-order valence-electron chi connectivity index (χ2n) is 5.10. The maximum Gasteiger partial charge on any atom is 0.141 e. The Morgan fingerprint density at radius 3 is 2.67 bits per heavy atom. The van der Waals surface area contributed by atoms with E-state index in [0.29, 0.717) is 6.04 Å². The Bertz CT molecular complexity index is 349. The third-order valence-corrected chi connectivity index (χ3v) is 3.25. The number of hydrogen-bond acceptors (Lipinski definition) is 2. The van der Waals surface area contributed by atoms with E-state index in [1.54, 1.807) is 7.11 Å². The zero-order chi connectivity index (χ0) is 13.4. The molecule has 0 aromatic heterocycles. The van der Waals surface area contributed by atoms with Crippen LogP contribution >= 0.6 is 0 Å². The minimum atomic E-state index is 0.498. The van der Waals surface area contributed by atoms with Crippen LogP contribution in [-0.4, -0.2) is 13.2 Å². The Morgan fingerprint density at radius 2 is 2.00 bits per heavy atom. The SMILES string of the molecule is CCCCCCC(C)Nc1cc(C)ccc1OC. The first-order valence-electron chi connectivity index (χ1n) is 7.08. The van der Waals surface area contributed by atoms with Gasteiger partial charge in [0.05, 0.1) is 12.8 Å². The molecule has 1 atom stereocenters. The largest absolute Gasteiger partial charge is 0.495 e. The summed E-state index contributed by atoms with van der Waals surface area (Å²) in [6, 6.07) is 6.76. The maximum absolute atomic E-state index is 5.38. The number of benzene rings is 1. The van der Waals surface area contributed by atoms with E-state index in [9.17, 15) is 0 Å². The lowest BCUT2D eigenvalue weighted by molar-refractivity contribution is 0.415. The number of nitrogens with one attached hydrogen (secondary N) is 1. The van der Waals surface area contributed by atoms with Crippen molar-refractivity contribution in [1.29, 1.82) is 0 Å². The van der Waals surface area contributed by atoms with Crippen molar-refractivity contribution in [3.63, 3.8) is 0 Å². The van der Waals surface area contributed by atoms with Crippen molar-refractivity contribution < 1.29 is 4.74 Å². The van der Waals surface area contributed by atoms with Gasteiger partial charge in [-0.05, 0) is 38.0 Å². The molecule has 0 fully saturated rings. The highest BCUT2D eigenvalue weighted by molar-refractivity contribution is 5.58. The lowest BCUT2D eigenvalue weighted by Crippen LogP contribution is -2.15. The van der Waals surface area contributed by atoms with Gasteiger partial charge in [0.2, 0.25) is 0 Å². The molecule has 0 radical (unpaired) electrons. The van der Waals surface area contributed by atoms with Crippen LogP contribution in [0, 0.1) is 6.92 Å². The van der Waals surface area contributed by atoms with E-state index in [-0.39, 0.29) is 0 Å². The zero-order valence-corrected chi connectivity index (χ0v) is 12.3. The fourth-order valence-corrected chi connectivity index (χ4v) is 2.15. The minimum Gasteiger partial charge on any atom is -0.495 e. The molecule has 0 aliphatic carbocycles. The van der Waals surface area contributed by atoms with Gasteiger partial charge in [0, 0.05) is 6.04 Å². The maximum atomic E-state index is 5.38. The van der Waals surface area contributed by atoms with Crippen molar-refractivity contribution in [2.24, 2.45) is 0 Å². The van der Waals surface area contributed by atoms with E-state index >= 15 is 0 Å². The molecule has 2 heteroatoms. The summed E-state index contributed by atoms with van der Waals surface area (Å²) < 4.78 is 5.38. The fraction of sp³-hybridized carbons (Fsp3) is 0.625. The third kappa shape index (κ3) is 4.99. The van der Waals surface area contributed by atoms with Gasteiger partial charge < -0.3 is 10.1 Å². The van der Waals surface area contributed by atoms with Gasteiger partial charge in [-0.15, -0.1) is 0 Å². The average molecular weight is 249 g/mol. The van der Waals surface area contributed by atoms with Crippen LogP contribution in [0.2, 0.25) is 0 Å². The van der Waals surface area contributed by atoms with Gasteiger partial charge in [-0.2, -0.15) is 0 Å². The first-order chi connectivity index (χ1) is 8.67. The summed E-state index contributed by atoms with van der Waals surface area (Å²) in [4.78, 5) is 0. The van der Waals surface area contributed by atoms with E-state index in [0.717, 1.165) is 11.4 Å². The number of aryl methyl sites for hydroxylation is 1. The second kappa shape index (κ2) is 8.02. The fourth-order valence-electron chi connectivity index (χ4n) is 2.15. The first-order valence-corrected chi connectivity index (χ1v) is 7.08. The standard InChI is InChI=1S/C16H27NO/c1-5-6-7-8-9-14(3)17-15-12-13(2)10-11-16(15)18-4/h10-12,14,17H,5-9H2,1-4H3. The summed E-state index contributed by atoms with van der Waals surface area (Å²) in [6.07, 6.45) is 6.51. The zero-order valence-electron chi connectivity index (χ0n) is 12.3. The van der Waals surface area contributed by atoms with Crippen molar-refractivity contribution in [3.8, 4) is 5.75 Å². The van der Waals surface area contributed by atoms with Crippen LogP contribution < -0.4 is 10.1 Å². The van der Waals surface area contributed by atoms with Crippen LogP contribution in [0.3, 0.4) is 0 Å². The van der Waals surface area contributed by atoms with Crippen LogP contribution in [0.1, 0.15) is 51.5 Å². The minimum absolute atomic E-state index is 0.498. The van der Waals surface area contributed by atoms with Gasteiger partial charge in [-0.3, -0.25) is 0 Å². The molecule has 0 aliphatic heterocycles. The topological polar surface area (TPSA) is 21.3 Å². The first kappa shape index (κ1) is 14.9. The van der Waals surface area contributed by atoms with E-state index in [1.165, 1.54) is 37.7 Å². The Kier molecular flexibility index (Phi) is 6.63. The molecule has 0 bridgehead atoms. The molecular weight excluding hydrogens is 222 g/mol. The van der Waals surface area contributed by atoms with Crippen LogP contribution in [-0.2, 0) is 0 Å². The van der Waals surface area contributed by atoms with Crippen LogP contribution in [0.25, 0.3) is 0 Å². The third-order valence-electron chi connectivity index (χ3n) is 3.25. The van der Waals surface area contributed by atoms with E-state index in [1.807, 2.05) is 6.07 Å². The molecule has 1 rings (SSSR count). The number of methoxy groups -OCH3 is 1. The number of anilines is 1. The molecule has 1 N–H and O–H groups in total. The predicted molar refractivity (Wildman–Crippen MR) is 79.6 cm³/mol. The van der Waals surface area contributed by atoms with Gasteiger partial charge in [0.15, 0.2) is 0 Å². The normalized spacial score (nSPS) is 12.2. The molecule has 0 amide bonds. The molecule has 0 saturated carbocycles. The quantitative estimate of drug-likeness (QED) is 0.670. The van der Waals surface area contributed by atoms with Crippen molar-refractivity contribution >= 4 is 5.69 Å². The van der Waals surface area contributed by atoms with Crippen molar-refractivity contribution in [2.45, 2.75) is 58.9 Å². The smallest absolute Gasteiger partial charge is 0.141 e. The second-order valence-corrected chi connectivity index (χ2v) is 5.10. The van der Waals surface area contributed by atoms with Gasteiger partial charge >= 0.3 is 0 Å². The molecule has 1 unspecified atom stereocenters. The molecular formula is C16H27NO. The molecule has 0 aliphatic rings. The molecule has 0 heterocycles. The van der Waals surface area contributed by atoms with Crippen LogP contribution in [0.15, 0.2) is 18.2 Å². The summed E-state index contributed by atoms with van der Waals surface area (Å²) in [5.41, 5.74) is 2.37. The van der Waals surface area contributed by atoms with Gasteiger partial charge in [0.1, 0.15) is 5.75 Å².